The fourth-order valence-corrected chi connectivity index (χ4v) is 1.31. The van der Waals surface area contributed by atoms with Crippen LogP contribution in [0.1, 0.15) is 13.3 Å². The van der Waals surface area contributed by atoms with Gasteiger partial charge in [-0.25, -0.2) is 0 Å². The Morgan fingerprint density at radius 3 is 2.05 bits per heavy atom. The highest BCUT2D eigenvalue weighted by Gasteiger charge is 2.00. The van der Waals surface area contributed by atoms with E-state index in [1.807, 2.05) is 0 Å². The van der Waals surface area contributed by atoms with E-state index in [4.69, 9.17) is 23.7 Å². The van der Waals surface area contributed by atoms with Gasteiger partial charge in [-0.15, -0.1) is 0 Å². The Morgan fingerprint density at radius 1 is 0.810 bits per heavy atom. The van der Waals surface area contributed by atoms with Gasteiger partial charge in [0.15, 0.2) is 0 Å². The zero-order chi connectivity index (χ0) is 15.6. The first-order valence-corrected chi connectivity index (χ1v) is 7.37. The average molecular weight is 307 g/mol. The summed E-state index contributed by atoms with van der Waals surface area (Å²) in [5.74, 6) is -0.156. The van der Waals surface area contributed by atoms with Crippen LogP contribution < -0.4 is 5.32 Å². The van der Waals surface area contributed by atoms with E-state index < -0.39 is 0 Å². The van der Waals surface area contributed by atoms with Gasteiger partial charge in [0, 0.05) is 20.3 Å². The molecule has 0 atom stereocenters. The van der Waals surface area contributed by atoms with Gasteiger partial charge < -0.3 is 29.0 Å². The van der Waals surface area contributed by atoms with Crippen LogP contribution in [0, 0.1) is 0 Å². The second-order valence-corrected chi connectivity index (χ2v) is 4.23. The van der Waals surface area contributed by atoms with Crippen molar-refractivity contribution in [2.75, 3.05) is 73.1 Å². The second-order valence-electron chi connectivity index (χ2n) is 4.23. The molecule has 7 heteroatoms. The second kappa shape index (κ2) is 17.3. The van der Waals surface area contributed by atoms with Crippen LogP contribution in [0.4, 0.5) is 0 Å². The summed E-state index contributed by atoms with van der Waals surface area (Å²) < 4.78 is 25.8. The smallest absolute Gasteiger partial charge is 0.246 e. The van der Waals surface area contributed by atoms with Crippen molar-refractivity contribution in [1.29, 1.82) is 0 Å². The van der Waals surface area contributed by atoms with E-state index in [-0.39, 0.29) is 12.5 Å². The van der Waals surface area contributed by atoms with Crippen molar-refractivity contribution in [3.8, 4) is 0 Å². The molecule has 7 nitrogen and oxygen atoms in total. The van der Waals surface area contributed by atoms with E-state index in [0.717, 1.165) is 13.0 Å². The molecule has 0 radical (unpaired) electrons. The molecule has 0 aromatic heterocycles. The summed E-state index contributed by atoms with van der Waals surface area (Å²) >= 11 is 0. The summed E-state index contributed by atoms with van der Waals surface area (Å²) in [6, 6.07) is 0. The number of methoxy groups -OCH3 is 1. The molecule has 0 aliphatic rings. The maximum atomic E-state index is 11.4. The number of carbonyl (C=O) groups is 1. The Bertz CT molecular complexity index is 228. The highest BCUT2D eigenvalue weighted by atomic mass is 16.5. The highest BCUT2D eigenvalue weighted by Crippen LogP contribution is 1.83. The van der Waals surface area contributed by atoms with Crippen molar-refractivity contribution < 1.29 is 28.5 Å². The Hall–Kier alpha value is -0.730. The Morgan fingerprint density at radius 2 is 1.38 bits per heavy atom. The summed E-state index contributed by atoms with van der Waals surface area (Å²) in [5, 5.41) is 2.69. The normalized spacial score (nSPS) is 10.8. The molecule has 1 amide bonds. The molecule has 0 aliphatic carbocycles. The molecule has 0 spiro atoms. The van der Waals surface area contributed by atoms with Crippen molar-refractivity contribution in [3.63, 3.8) is 0 Å². The number of carbonyl (C=O) groups excluding carboxylic acids is 1. The van der Waals surface area contributed by atoms with Gasteiger partial charge in [-0.2, -0.15) is 0 Å². The lowest BCUT2D eigenvalue weighted by atomic mass is 10.5. The van der Waals surface area contributed by atoms with Gasteiger partial charge in [0.1, 0.15) is 6.61 Å². The Balaban J connectivity index is 3.12. The van der Waals surface area contributed by atoms with Crippen molar-refractivity contribution in [1.82, 2.24) is 5.32 Å². The molecule has 0 saturated heterocycles. The molecule has 0 fully saturated rings. The van der Waals surface area contributed by atoms with Crippen LogP contribution in [0.3, 0.4) is 0 Å². The van der Waals surface area contributed by atoms with E-state index in [1.54, 1.807) is 7.11 Å². The van der Waals surface area contributed by atoms with Gasteiger partial charge in [-0.05, 0) is 6.42 Å². The SMILES string of the molecule is CCCOCCOCCOCC(=O)NCCOCCOC. The number of amides is 1. The zero-order valence-electron chi connectivity index (χ0n) is 13.2. The minimum Gasteiger partial charge on any atom is -0.382 e. The summed E-state index contributed by atoms with van der Waals surface area (Å²) in [4.78, 5) is 11.4. The summed E-state index contributed by atoms with van der Waals surface area (Å²) in [6.07, 6.45) is 1.01. The van der Waals surface area contributed by atoms with E-state index in [2.05, 4.69) is 12.2 Å². The molecule has 1 N–H and O–H groups in total. The molecular weight excluding hydrogens is 278 g/mol. The third-order valence-corrected chi connectivity index (χ3v) is 2.33. The van der Waals surface area contributed by atoms with Crippen molar-refractivity contribution in [3.05, 3.63) is 0 Å². The van der Waals surface area contributed by atoms with Gasteiger partial charge >= 0.3 is 0 Å². The van der Waals surface area contributed by atoms with Crippen LogP contribution in [-0.4, -0.2) is 79.0 Å². The molecule has 0 rings (SSSR count). The first kappa shape index (κ1) is 20.3. The molecule has 0 saturated carbocycles. The van der Waals surface area contributed by atoms with Gasteiger partial charge in [-0.1, -0.05) is 6.92 Å². The quantitative estimate of drug-likeness (QED) is 0.411. The highest BCUT2D eigenvalue weighted by molar-refractivity contribution is 5.77. The standard InChI is InChI=1S/C14H29NO6/c1-3-5-18-9-10-20-11-12-21-13-14(16)15-4-6-19-8-7-17-2/h3-13H2,1-2H3,(H,15,16). The minimum absolute atomic E-state index is 0.0355. The monoisotopic (exact) mass is 307 g/mol. The Labute approximate surface area is 127 Å². The number of hydrogen-bond acceptors (Lipinski definition) is 6. The molecule has 0 aromatic carbocycles. The Kier molecular flexibility index (Phi) is 16.7. The van der Waals surface area contributed by atoms with E-state index in [9.17, 15) is 4.79 Å². The fraction of sp³-hybridized carbons (Fsp3) is 0.929. The van der Waals surface area contributed by atoms with E-state index in [0.29, 0.717) is 52.8 Å². The topological polar surface area (TPSA) is 75.3 Å². The van der Waals surface area contributed by atoms with Crippen LogP contribution in [0.2, 0.25) is 0 Å². The zero-order valence-corrected chi connectivity index (χ0v) is 13.2. The van der Waals surface area contributed by atoms with Gasteiger partial charge in [0.25, 0.3) is 0 Å². The number of ether oxygens (including phenoxy) is 5. The maximum absolute atomic E-state index is 11.4. The van der Waals surface area contributed by atoms with Crippen LogP contribution in [0.25, 0.3) is 0 Å². The molecule has 21 heavy (non-hydrogen) atoms. The lowest BCUT2D eigenvalue weighted by molar-refractivity contribution is -0.126. The number of rotatable bonds is 16. The molecule has 126 valence electrons. The van der Waals surface area contributed by atoms with Crippen LogP contribution in [0.5, 0.6) is 0 Å². The predicted octanol–water partition coefficient (Wildman–Crippen LogP) is 0.225. The molecule has 0 heterocycles. The average Bonchev–Trinajstić information content (AvgIpc) is 2.49. The third kappa shape index (κ3) is 17.2. The minimum atomic E-state index is -0.156. The molecule has 0 aromatic rings. The number of hydrogen-bond donors (Lipinski definition) is 1. The lowest BCUT2D eigenvalue weighted by Gasteiger charge is -2.07. The number of nitrogens with one attached hydrogen (secondary N) is 1. The van der Waals surface area contributed by atoms with Crippen LogP contribution >= 0.6 is 0 Å². The largest absolute Gasteiger partial charge is 0.382 e. The predicted molar refractivity (Wildman–Crippen MR) is 78.5 cm³/mol. The summed E-state index contributed by atoms with van der Waals surface area (Å²) in [6.45, 7) is 6.88. The molecule has 0 bridgehead atoms. The van der Waals surface area contributed by atoms with Crippen molar-refractivity contribution in [2.24, 2.45) is 0 Å². The summed E-state index contributed by atoms with van der Waals surface area (Å²) in [5.41, 5.74) is 0. The summed E-state index contributed by atoms with van der Waals surface area (Å²) in [7, 11) is 1.62. The van der Waals surface area contributed by atoms with Gasteiger partial charge in [0.05, 0.1) is 46.2 Å². The maximum Gasteiger partial charge on any atom is 0.246 e. The van der Waals surface area contributed by atoms with Gasteiger partial charge in [-0.3, -0.25) is 4.79 Å². The van der Waals surface area contributed by atoms with E-state index in [1.165, 1.54) is 0 Å². The van der Waals surface area contributed by atoms with Crippen LogP contribution in [-0.2, 0) is 28.5 Å². The molecule has 0 aliphatic heterocycles. The van der Waals surface area contributed by atoms with Crippen molar-refractivity contribution >= 4 is 5.91 Å². The first-order chi connectivity index (χ1) is 10.3. The fourth-order valence-electron chi connectivity index (χ4n) is 1.31. The van der Waals surface area contributed by atoms with Crippen LogP contribution in [0.15, 0.2) is 0 Å². The lowest BCUT2D eigenvalue weighted by Crippen LogP contribution is -2.31. The first-order valence-electron chi connectivity index (χ1n) is 7.37. The molecule has 0 unspecified atom stereocenters. The van der Waals surface area contributed by atoms with Gasteiger partial charge in [0.2, 0.25) is 5.91 Å². The third-order valence-electron chi connectivity index (χ3n) is 2.33. The molecular formula is C14H29NO6. The van der Waals surface area contributed by atoms with Crippen molar-refractivity contribution in [2.45, 2.75) is 13.3 Å². The van der Waals surface area contributed by atoms with E-state index >= 15 is 0 Å².